The lowest BCUT2D eigenvalue weighted by Crippen LogP contribution is -2.29. The van der Waals surface area contributed by atoms with Gasteiger partial charge >= 0.3 is 0 Å². The number of carbonyl (C=O) groups is 1. The molecule has 1 fully saturated rings. The quantitative estimate of drug-likeness (QED) is 0.737. The molecule has 2 atom stereocenters. The molecule has 4 rings (SSSR count). The summed E-state index contributed by atoms with van der Waals surface area (Å²) in [6, 6.07) is 17.0. The van der Waals surface area contributed by atoms with Gasteiger partial charge in [-0.25, -0.2) is 8.78 Å². The molecule has 1 heterocycles. The molecule has 0 spiro atoms. The van der Waals surface area contributed by atoms with Crippen LogP contribution in [0.25, 0.3) is 0 Å². The molecular formula is C21H18F2N2O. The van der Waals surface area contributed by atoms with E-state index in [4.69, 9.17) is 0 Å². The smallest absolute Gasteiger partial charge is 0.268 e. The van der Waals surface area contributed by atoms with Crippen LogP contribution in [0, 0.1) is 11.6 Å². The molecule has 2 unspecified atom stereocenters. The van der Waals surface area contributed by atoms with E-state index in [9.17, 15) is 13.6 Å². The Bertz CT molecular complexity index is 916. The van der Waals surface area contributed by atoms with Crippen LogP contribution in [-0.4, -0.2) is 16.5 Å². The second-order valence-electron chi connectivity index (χ2n) is 6.56. The normalized spacial score (nSPS) is 18.5. The number of hydrogen-bond donors (Lipinski definition) is 1. The maximum Gasteiger partial charge on any atom is 0.268 e. The fourth-order valence-corrected chi connectivity index (χ4v) is 3.32. The Morgan fingerprint density at radius 1 is 1.00 bits per heavy atom. The SMILES string of the molecule is O=C(NC1CC1c1c(F)cccc1F)c1cccn1Cc1ccccc1. The first-order chi connectivity index (χ1) is 12.6. The largest absolute Gasteiger partial charge is 0.347 e. The number of carbonyl (C=O) groups excluding carboxylic acids is 1. The first-order valence-electron chi connectivity index (χ1n) is 8.57. The zero-order valence-electron chi connectivity index (χ0n) is 14.0. The Morgan fingerprint density at radius 2 is 1.73 bits per heavy atom. The molecule has 0 saturated heterocycles. The highest BCUT2D eigenvalue weighted by atomic mass is 19.1. The van der Waals surface area contributed by atoms with Crippen molar-refractivity contribution in [1.82, 2.24) is 9.88 Å². The molecule has 0 aliphatic heterocycles. The zero-order chi connectivity index (χ0) is 18.1. The van der Waals surface area contributed by atoms with Gasteiger partial charge < -0.3 is 9.88 Å². The average molecular weight is 352 g/mol. The van der Waals surface area contributed by atoms with E-state index in [1.165, 1.54) is 18.2 Å². The maximum absolute atomic E-state index is 13.9. The van der Waals surface area contributed by atoms with Crippen molar-refractivity contribution in [2.45, 2.75) is 24.9 Å². The van der Waals surface area contributed by atoms with E-state index in [0.29, 0.717) is 18.7 Å². The van der Waals surface area contributed by atoms with E-state index in [0.717, 1.165) is 5.56 Å². The number of rotatable bonds is 5. The van der Waals surface area contributed by atoms with Crippen molar-refractivity contribution in [1.29, 1.82) is 0 Å². The summed E-state index contributed by atoms with van der Waals surface area (Å²) in [6.07, 6.45) is 2.39. The molecule has 1 saturated carbocycles. The first-order valence-corrected chi connectivity index (χ1v) is 8.57. The van der Waals surface area contributed by atoms with E-state index in [-0.39, 0.29) is 23.4 Å². The lowest BCUT2D eigenvalue weighted by Gasteiger charge is -2.10. The van der Waals surface area contributed by atoms with Gasteiger partial charge in [-0.3, -0.25) is 4.79 Å². The third-order valence-electron chi connectivity index (χ3n) is 4.74. The van der Waals surface area contributed by atoms with Gasteiger partial charge in [0.05, 0.1) is 0 Å². The topological polar surface area (TPSA) is 34.0 Å². The molecule has 0 bridgehead atoms. The molecule has 132 valence electrons. The Morgan fingerprint density at radius 3 is 2.46 bits per heavy atom. The minimum absolute atomic E-state index is 0.0671. The van der Waals surface area contributed by atoms with Crippen LogP contribution in [0.4, 0.5) is 8.78 Å². The van der Waals surface area contributed by atoms with E-state index in [1.54, 1.807) is 6.07 Å². The molecule has 5 heteroatoms. The summed E-state index contributed by atoms with van der Waals surface area (Å²) in [5, 5.41) is 2.89. The lowest BCUT2D eigenvalue weighted by atomic mass is 10.1. The van der Waals surface area contributed by atoms with Crippen LogP contribution in [0.5, 0.6) is 0 Å². The third-order valence-corrected chi connectivity index (χ3v) is 4.74. The highest BCUT2D eigenvalue weighted by Gasteiger charge is 2.43. The van der Waals surface area contributed by atoms with Crippen LogP contribution in [0.3, 0.4) is 0 Å². The molecule has 0 radical (unpaired) electrons. The minimum Gasteiger partial charge on any atom is -0.347 e. The van der Waals surface area contributed by atoms with Crippen LogP contribution in [0.15, 0.2) is 66.9 Å². The van der Waals surface area contributed by atoms with Crippen LogP contribution in [-0.2, 0) is 6.54 Å². The van der Waals surface area contributed by atoms with Crippen molar-refractivity contribution < 1.29 is 13.6 Å². The first kappa shape index (κ1) is 16.5. The predicted octanol–water partition coefficient (Wildman–Crippen LogP) is 4.10. The van der Waals surface area contributed by atoms with E-state index < -0.39 is 11.6 Å². The van der Waals surface area contributed by atoms with Gasteiger partial charge in [-0.05, 0) is 36.2 Å². The number of benzene rings is 2. The van der Waals surface area contributed by atoms with Gasteiger partial charge in [0, 0.05) is 30.3 Å². The molecule has 1 N–H and O–H groups in total. The third kappa shape index (κ3) is 3.25. The van der Waals surface area contributed by atoms with Crippen molar-refractivity contribution in [3.63, 3.8) is 0 Å². The lowest BCUT2D eigenvalue weighted by molar-refractivity contribution is 0.0941. The number of aromatic nitrogens is 1. The summed E-state index contributed by atoms with van der Waals surface area (Å²) in [4.78, 5) is 12.6. The number of nitrogens with one attached hydrogen (secondary N) is 1. The predicted molar refractivity (Wildman–Crippen MR) is 94.9 cm³/mol. The molecule has 1 amide bonds. The van der Waals surface area contributed by atoms with Crippen LogP contribution in [0.1, 0.15) is 34.0 Å². The number of nitrogens with zero attached hydrogens (tertiary/aromatic N) is 1. The summed E-state index contributed by atoms with van der Waals surface area (Å²) >= 11 is 0. The van der Waals surface area contributed by atoms with Crippen LogP contribution in [0.2, 0.25) is 0 Å². The van der Waals surface area contributed by atoms with Crippen molar-refractivity contribution in [3.05, 3.63) is 95.3 Å². The highest BCUT2D eigenvalue weighted by Crippen LogP contribution is 2.43. The van der Waals surface area contributed by atoms with E-state index in [1.807, 2.05) is 47.2 Å². The van der Waals surface area contributed by atoms with Crippen molar-refractivity contribution >= 4 is 5.91 Å². The monoisotopic (exact) mass is 352 g/mol. The number of halogens is 2. The second kappa shape index (κ2) is 6.75. The van der Waals surface area contributed by atoms with Crippen molar-refractivity contribution in [2.75, 3.05) is 0 Å². The van der Waals surface area contributed by atoms with Crippen LogP contribution < -0.4 is 5.32 Å². The Hall–Kier alpha value is -2.95. The molecule has 2 aromatic carbocycles. The summed E-state index contributed by atoms with van der Waals surface area (Å²) in [5.74, 6) is -1.65. The number of hydrogen-bond acceptors (Lipinski definition) is 1. The van der Waals surface area contributed by atoms with Gasteiger partial charge in [0.1, 0.15) is 17.3 Å². The maximum atomic E-state index is 13.9. The van der Waals surface area contributed by atoms with E-state index in [2.05, 4.69) is 5.32 Å². The molecular weight excluding hydrogens is 334 g/mol. The standard InChI is InChI=1S/C21H18F2N2O/c22-16-8-4-9-17(23)20(16)15-12-18(15)24-21(26)19-10-5-11-25(19)13-14-6-2-1-3-7-14/h1-11,15,18H,12-13H2,(H,24,26). The Kier molecular flexibility index (Phi) is 4.29. The zero-order valence-corrected chi connectivity index (χ0v) is 14.0. The molecule has 1 aliphatic carbocycles. The van der Waals surface area contributed by atoms with Gasteiger partial charge in [0.15, 0.2) is 0 Å². The molecule has 1 aliphatic rings. The van der Waals surface area contributed by atoms with E-state index >= 15 is 0 Å². The van der Waals surface area contributed by atoms with Crippen LogP contribution >= 0.6 is 0 Å². The summed E-state index contributed by atoms with van der Waals surface area (Å²) < 4.78 is 29.6. The summed E-state index contributed by atoms with van der Waals surface area (Å²) in [5.41, 5.74) is 1.70. The molecule has 1 aromatic heterocycles. The van der Waals surface area contributed by atoms with Gasteiger partial charge in [-0.15, -0.1) is 0 Å². The second-order valence-corrected chi connectivity index (χ2v) is 6.56. The van der Waals surface area contributed by atoms with Gasteiger partial charge in [-0.2, -0.15) is 0 Å². The summed E-state index contributed by atoms with van der Waals surface area (Å²) in [6.45, 7) is 0.590. The molecule has 26 heavy (non-hydrogen) atoms. The molecule has 3 nitrogen and oxygen atoms in total. The number of amides is 1. The van der Waals surface area contributed by atoms with Crippen molar-refractivity contribution in [2.24, 2.45) is 0 Å². The Balaban J connectivity index is 1.45. The molecule has 3 aromatic rings. The summed E-state index contributed by atoms with van der Waals surface area (Å²) in [7, 11) is 0. The fourth-order valence-electron chi connectivity index (χ4n) is 3.32. The fraction of sp³-hybridized carbons (Fsp3) is 0.190. The van der Waals surface area contributed by atoms with Crippen molar-refractivity contribution in [3.8, 4) is 0 Å². The average Bonchev–Trinajstić information content (AvgIpc) is 3.20. The van der Waals surface area contributed by atoms with Gasteiger partial charge in [0.25, 0.3) is 5.91 Å². The van der Waals surface area contributed by atoms with Gasteiger partial charge in [0.2, 0.25) is 0 Å². The van der Waals surface area contributed by atoms with Gasteiger partial charge in [-0.1, -0.05) is 36.4 Å². The highest BCUT2D eigenvalue weighted by molar-refractivity contribution is 5.93. The Labute approximate surface area is 150 Å². The minimum atomic E-state index is -0.556.